The van der Waals surface area contributed by atoms with Crippen LogP contribution in [0.1, 0.15) is 49.9 Å². The van der Waals surface area contributed by atoms with E-state index in [4.69, 9.17) is 14.5 Å². The van der Waals surface area contributed by atoms with Crippen LogP contribution in [0.15, 0.2) is 72.8 Å². The van der Waals surface area contributed by atoms with E-state index < -0.39 is 17.8 Å². The molecule has 0 saturated heterocycles. The molecule has 0 saturated carbocycles. The maximum absolute atomic E-state index is 13.5. The minimum atomic E-state index is -0.641. The Labute approximate surface area is 234 Å². The fourth-order valence-corrected chi connectivity index (χ4v) is 5.35. The van der Waals surface area contributed by atoms with Crippen LogP contribution < -0.4 is 5.32 Å². The van der Waals surface area contributed by atoms with Crippen LogP contribution in [0.5, 0.6) is 0 Å². The number of nitrogens with zero attached hydrogens (tertiary/aromatic N) is 3. The number of carbonyl (C=O) groups is 3. The van der Waals surface area contributed by atoms with E-state index in [1.807, 2.05) is 66.7 Å². The molecule has 1 N–H and O–H groups in total. The summed E-state index contributed by atoms with van der Waals surface area (Å²) in [6.07, 6.45) is 0. The number of thiophene rings is 1. The highest BCUT2D eigenvalue weighted by molar-refractivity contribution is 7.18. The standard InChI is InChI=1S/C30H26N4O5S/c1-4-38-29(36)25-18(3)26(30(37)39-5-2)40-28(25)32-27(35)22-17-24-31-21(19-12-8-6-9-13-19)16-23(34(24)33-22)20-14-10-7-11-15-20/h6-17H,4-5H2,1-3H3,(H,32,35). The van der Waals surface area contributed by atoms with E-state index in [2.05, 4.69) is 10.4 Å². The zero-order valence-electron chi connectivity index (χ0n) is 22.1. The summed E-state index contributed by atoms with van der Waals surface area (Å²) in [6, 6.07) is 23.0. The number of aromatic nitrogens is 3. The fourth-order valence-electron chi connectivity index (χ4n) is 4.27. The van der Waals surface area contributed by atoms with Gasteiger partial charge in [0, 0.05) is 17.2 Å². The molecule has 0 spiro atoms. The van der Waals surface area contributed by atoms with Gasteiger partial charge in [-0.2, -0.15) is 5.10 Å². The minimum absolute atomic E-state index is 0.0911. The van der Waals surface area contributed by atoms with Crippen molar-refractivity contribution in [2.75, 3.05) is 18.5 Å². The molecule has 2 aromatic carbocycles. The van der Waals surface area contributed by atoms with Crippen LogP contribution in [0.2, 0.25) is 0 Å². The van der Waals surface area contributed by atoms with E-state index in [9.17, 15) is 14.4 Å². The van der Waals surface area contributed by atoms with Gasteiger partial charge in [-0.3, -0.25) is 4.79 Å². The van der Waals surface area contributed by atoms with Gasteiger partial charge in [-0.1, -0.05) is 60.7 Å². The third-order valence-corrected chi connectivity index (χ3v) is 7.30. The van der Waals surface area contributed by atoms with Gasteiger partial charge >= 0.3 is 11.9 Å². The summed E-state index contributed by atoms with van der Waals surface area (Å²) < 4.78 is 11.9. The highest BCUT2D eigenvalue weighted by Crippen LogP contribution is 2.35. The number of ether oxygens (including phenoxy) is 2. The average Bonchev–Trinajstić information content (AvgIpc) is 3.55. The van der Waals surface area contributed by atoms with Crippen LogP contribution in [0.3, 0.4) is 0 Å². The second-order valence-electron chi connectivity index (χ2n) is 8.71. The number of amides is 1. The maximum Gasteiger partial charge on any atom is 0.348 e. The zero-order valence-corrected chi connectivity index (χ0v) is 23.0. The second-order valence-corrected chi connectivity index (χ2v) is 9.73. The molecule has 0 bridgehead atoms. The Balaban J connectivity index is 1.57. The van der Waals surface area contributed by atoms with Gasteiger partial charge in [0.2, 0.25) is 0 Å². The van der Waals surface area contributed by atoms with Crippen LogP contribution in [0.4, 0.5) is 5.00 Å². The normalized spacial score (nSPS) is 10.9. The van der Waals surface area contributed by atoms with Crippen molar-refractivity contribution in [2.24, 2.45) is 0 Å². The van der Waals surface area contributed by atoms with Crippen LogP contribution >= 0.6 is 11.3 Å². The Morgan fingerprint density at radius 2 is 1.50 bits per heavy atom. The Hall–Kier alpha value is -4.83. The van der Waals surface area contributed by atoms with Crippen molar-refractivity contribution in [1.82, 2.24) is 14.6 Å². The van der Waals surface area contributed by atoms with E-state index in [1.165, 1.54) is 0 Å². The quantitative estimate of drug-likeness (QED) is 0.233. The third-order valence-electron chi connectivity index (χ3n) is 6.11. The summed E-state index contributed by atoms with van der Waals surface area (Å²) in [5.41, 5.74) is 4.38. The number of anilines is 1. The van der Waals surface area contributed by atoms with Crippen LogP contribution in [-0.4, -0.2) is 45.7 Å². The number of hydrogen-bond acceptors (Lipinski definition) is 8. The highest BCUT2D eigenvalue weighted by atomic mass is 32.1. The predicted molar refractivity (Wildman–Crippen MR) is 153 cm³/mol. The van der Waals surface area contributed by atoms with Crippen molar-refractivity contribution in [1.29, 1.82) is 0 Å². The largest absolute Gasteiger partial charge is 0.462 e. The van der Waals surface area contributed by atoms with Gasteiger partial charge in [0.25, 0.3) is 5.91 Å². The minimum Gasteiger partial charge on any atom is -0.462 e. The van der Waals surface area contributed by atoms with Crippen molar-refractivity contribution in [2.45, 2.75) is 20.8 Å². The smallest absolute Gasteiger partial charge is 0.348 e. The molecule has 3 heterocycles. The molecule has 0 unspecified atom stereocenters. The van der Waals surface area contributed by atoms with Crippen molar-refractivity contribution >= 4 is 39.8 Å². The molecule has 40 heavy (non-hydrogen) atoms. The van der Waals surface area contributed by atoms with E-state index >= 15 is 0 Å². The van der Waals surface area contributed by atoms with Crippen molar-refractivity contribution < 1.29 is 23.9 Å². The fraction of sp³-hybridized carbons (Fsp3) is 0.167. The van der Waals surface area contributed by atoms with Gasteiger partial charge in [-0.05, 0) is 32.4 Å². The summed E-state index contributed by atoms with van der Waals surface area (Å²) in [7, 11) is 0. The third kappa shape index (κ3) is 5.21. The average molecular weight is 555 g/mol. The number of fused-ring (bicyclic) bond motifs is 1. The van der Waals surface area contributed by atoms with Crippen molar-refractivity contribution in [3.8, 4) is 22.5 Å². The van der Waals surface area contributed by atoms with Crippen molar-refractivity contribution in [3.05, 3.63) is 94.5 Å². The lowest BCUT2D eigenvalue weighted by atomic mass is 10.1. The Morgan fingerprint density at radius 1 is 0.875 bits per heavy atom. The summed E-state index contributed by atoms with van der Waals surface area (Å²) in [5.74, 6) is -1.78. The molecule has 5 rings (SSSR count). The van der Waals surface area contributed by atoms with Crippen molar-refractivity contribution in [3.63, 3.8) is 0 Å². The number of rotatable bonds is 8. The molecular formula is C30H26N4O5S. The van der Waals surface area contributed by atoms with Gasteiger partial charge in [-0.25, -0.2) is 19.1 Å². The van der Waals surface area contributed by atoms with Gasteiger partial charge < -0.3 is 14.8 Å². The zero-order chi connectivity index (χ0) is 28.2. The van der Waals surface area contributed by atoms with Crippen LogP contribution in [-0.2, 0) is 9.47 Å². The molecule has 9 nitrogen and oxygen atoms in total. The number of nitrogens with one attached hydrogen (secondary N) is 1. The van der Waals surface area contributed by atoms with Gasteiger partial charge in [0.1, 0.15) is 9.88 Å². The summed E-state index contributed by atoms with van der Waals surface area (Å²) >= 11 is 0.960. The first-order valence-electron chi connectivity index (χ1n) is 12.7. The van der Waals surface area contributed by atoms with Crippen LogP contribution in [0, 0.1) is 6.92 Å². The molecule has 0 atom stereocenters. The lowest BCUT2D eigenvalue weighted by molar-refractivity contribution is 0.0527. The molecule has 0 aliphatic heterocycles. The molecule has 10 heteroatoms. The van der Waals surface area contributed by atoms with E-state index in [-0.39, 0.29) is 34.3 Å². The first-order valence-corrected chi connectivity index (χ1v) is 13.5. The van der Waals surface area contributed by atoms with Crippen LogP contribution in [0.25, 0.3) is 28.2 Å². The number of hydrogen-bond donors (Lipinski definition) is 1. The monoisotopic (exact) mass is 554 g/mol. The molecular weight excluding hydrogens is 528 g/mol. The van der Waals surface area contributed by atoms with E-state index in [0.29, 0.717) is 11.2 Å². The molecule has 5 aromatic rings. The highest BCUT2D eigenvalue weighted by Gasteiger charge is 2.28. The lowest BCUT2D eigenvalue weighted by Gasteiger charge is -2.08. The van der Waals surface area contributed by atoms with Gasteiger partial charge in [0.05, 0.1) is 30.2 Å². The molecule has 202 valence electrons. The molecule has 0 aliphatic carbocycles. The number of benzene rings is 2. The molecule has 3 aromatic heterocycles. The molecule has 0 radical (unpaired) electrons. The Morgan fingerprint density at radius 3 is 2.15 bits per heavy atom. The molecule has 0 aliphatic rings. The topological polar surface area (TPSA) is 112 Å². The van der Waals surface area contributed by atoms with Gasteiger partial charge in [-0.15, -0.1) is 11.3 Å². The second kappa shape index (κ2) is 11.5. The first kappa shape index (κ1) is 26.8. The predicted octanol–water partition coefficient (Wildman–Crippen LogP) is 6.04. The SMILES string of the molecule is CCOC(=O)c1sc(NC(=O)c2cc3nc(-c4ccccc4)cc(-c4ccccc4)n3n2)c(C(=O)OCC)c1C. The summed E-state index contributed by atoms with van der Waals surface area (Å²) in [5, 5.41) is 7.50. The molecule has 1 amide bonds. The van der Waals surface area contributed by atoms with Gasteiger partial charge in [0.15, 0.2) is 11.3 Å². The summed E-state index contributed by atoms with van der Waals surface area (Å²) in [6.45, 7) is 5.31. The molecule has 0 fully saturated rings. The van der Waals surface area contributed by atoms with E-state index in [0.717, 1.165) is 33.9 Å². The first-order chi connectivity index (χ1) is 19.4. The number of esters is 2. The number of carbonyl (C=O) groups excluding carboxylic acids is 3. The Kier molecular flexibility index (Phi) is 7.70. The lowest BCUT2D eigenvalue weighted by Crippen LogP contribution is -2.15. The maximum atomic E-state index is 13.5. The summed E-state index contributed by atoms with van der Waals surface area (Å²) in [4.78, 5) is 43.7. The van der Waals surface area contributed by atoms with E-state index in [1.54, 1.807) is 31.4 Å². The Bertz CT molecular complexity index is 1710.